The molecule has 2 N–H and O–H groups in total. The Morgan fingerprint density at radius 1 is 1.16 bits per heavy atom. The Morgan fingerprint density at radius 2 is 1.79 bits per heavy atom. The van der Waals surface area contributed by atoms with E-state index >= 15 is 0 Å². The van der Waals surface area contributed by atoms with Crippen LogP contribution in [0.4, 0.5) is 0 Å². The minimum absolute atomic E-state index is 0.358. The molecule has 0 spiro atoms. The summed E-state index contributed by atoms with van der Waals surface area (Å²) in [5.74, 6) is 0. The van der Waals surface area contributed by atoms with Crippen LogP contribution in [0.15, 0.2) is 35.2 Å². The van der Waals surface area contributed by atoms with Crippen molar-refractivity contribution in [3.63, 3.8) is 0 Å². The fourth-order valence-electron chi connectivity index (χ4n) is 2.12. The molecule has 2 heteroatoms. The quantitative estimate of drug-likeness (QED) is 0.504. The number of hydrogen-bond donors (Lipinski definition) is 2. The predicted octanol–water partition coefficient (Wildman–Crippen LogP) is 5.07. The summed E-state index contributed by atoms with van der Waals surface area (Å²) in [5, 5.41) is 0. The first-order chi connectivity index (χ1) is 9.09. The lowest BCUT2D eigenvalue weighted by atomic mass is 10.0. The molecule has 19 heavy (non-hydrogen) atoms. The van der Waals surface area contributed by atoms with Gasteiger partial charge in [0.2, 0.25) is 0 Å². The van der Waals surface area contributed by atoms with Gasteiger partial charge in [-0.3, -0.25) is 0 Å². The maximum Gasteiger partial charge on any atom is 0.00403 e. The predicted molar refractivity (Wildman–Crippen MR) is 88.7 cm³/mol. The van der Waals surface area contributed by atoms with Gasteiger partial charge in [0.15, 0.2) is 0 Å². The zero-order valence-electron chi connectivity index (χ0n) is 12.2. The first kappa shape index (κ1) is 16.3. The molecule has 0 aromatic heterocycles. The van der Waals surface area contributed by atoms with Crippen molar-refractivity contribution in [1.29, 1.82) is 0 Å². The van der Waals surface area contributed by atoms with E-state index in [1.807, 2.05) is 12.1 Å². The van der Waals surface area contributed by atoms with Crippen LogP contribution in [0.2, 0.25) is 0 Å². The minimum atomic E-state index is 0.358. The van der Waals surface area contributed by atoms with E-state index in [0.29, 0.717) is 6.04 Å². The lowest BCUT2D eigenvalue weighted by Gasteiger charge is -2.04. The molecule has 1 unspecified atom stereocenters. The molecule has 1 aromatic carbocycles. The van der Waals surface area contributed by atoms with Crippen LogP contribution in [-0.2, 0) is 0 Å². The van der Waals surface area contributed by atoms with E-state index in [9.17, 15) is 0 Å². The van der Waals surface area contributed by atoms with Crippen molar-refractivity contribution in [2.24, 2.45) is 5.73 Å². The van der Waals surface area contributed by atoms with E-state index in [-0.39, 0.29) is 0 Å². The standard InChI is InChI=1S/C17H27NS/c1-14(16-10-12-17(19)13-11-16)8-6-4-3-5-7-9-15(2)18/h8,10-13,15,19H,3-7,9,18H2,1-2H3/b14-8-. The van der Waals surface area contributed by atoms with Gasteiger partial charge < -0.3 is 5.73 Å². The van der Waals surface area contributed by atoms with Crippen molar-refractivity contribution in [3.8, 4) is 0 Å². The van der Waals surface area contributed by atoms with Gasteiger partial charge >= 0.3 is 0 Å². The molecule has 0 aliphatic heterocycles. The van der Waals surface area contributed by atoms with Gasteiger partial charge in [0, 0.05) is 10.9 Å². The lowest BCUT2D eigenvalue weighted by Crippen LogP contribution is -2.13. The fraction of sp³-hybridized carbons (Fsp3) is 0.529. The van der Waals surface area contributed by atoms with Gasteiger partial charge in [0.05, 0.1) is 0 Å². The van der Waals surface area contributed by atoms with Crippen LogP contribution in [0.3, 0.4) is 0 Å². The zero-order valence-corrected chi connectivity index (χ0v) is 13.1. The lowest BCUT2D eigenvalue weighted by molar-refractivity contribution is 0.568. The van der Waals surface area contributed by atoms with E-state index in [1.165, 1.54) is 43.2 Å². The molecule has 0 bridgehead atoms. The van der Waals surface area contributed by atoms with Crippen LogP contribution in [0, 0.1) is 0 Å². The van der Waals surface area contributed by atoms with Gasteiger partial charge in [-0.2, -0.15) is 0 Å². The third kappa shape index (κ3) is 7.44. The van der Waals surface area contributed by atoms with E-state index in [2.05, 4.69) is 44.7 Å². The number of hydrogen-bond acceptors (Lipinski definition) is 2. The maximum absolute atomic E-state index is 5.73. The molecule has 1 aromatic rings. The van der Waals surface area contributed by atoms with E-state index in [4.69, 9.17) is 5.73 Å². The van der Waals surface area contributed by atoms with Crippen molar-refractivity contribution < 1.29 is 0 Å². The molecule has 0 radical (unpaired) electrons. The summed E-state index contributed by atoms with van der Waals surface area (Å²) in [4.78, 5) is 1.02. The first-order valence-electron chi connectivity index (χ1n) is 7.31. The third-order valence-corrected chi connectivity index (χ3v) is 3.68. The molecule has 0 saturated carbocycles. The van der Waals surface area contributed by atoms with Crippen LogP contribution in [0.25, 0.3) is 5.57 Å². The van der Waals surface area contributed by atoms with Crippen LogP contribution in [0.1, 0.15) is 57.9 Å². The maximum atomic E-state index is 5.73. The Kier molecular flexibility index (Phi) is 7.92. The van der Waals surface area contributed by atoms with Crippen molar-refractivity contribution in [3.05, 3.63) is 35.9 Å². The van der Waals surface area contributed by atoms with Gasteiger partial charge in [-0.1, -0.05) is 37.5 Å². The van der Waals surface area contributed by atoms with Gasteiger partial charge in [0.25, 0.3) is 0 Å². The van der Waals surface area contributed by atoms with Crippen molar-refractivity contribution in [1.82, 2.24) is 0 Å². The van der Waals surface area contributed by atoms with Gasteiger partial charge in [-0.05, 0) is 56.4 Å². The number of unbranched alkanes of at least 4 members (excludes halogenated alkanes) is 4. The van der Waals surface area contributed by atoms with Crippen molar-refractivity contribution >= 4 is 18.2 Å². The number of allylic oxidation sites excluding steroid dienone is 2. The molecule has 1 atom stereocenters. The SMILES string of the molecule is C/C(=C/CCCCCCC(C)N)c1ccc(S)cc1. The summed E-state index contributed by atoms with van der Waals surface area (Å²) in [7, 11) is 0. The molecule has 0 aliphatic rings. The van der Waals surface area contributed by atoms with E-state index in [0.717, 1.165) is 11.3 Å². The summed E-state index contributed by atoms with van der Waals surface area (Å²) in [6, 6.07) is 8.72. The molecule has 0 amide bonds. The van der Waals surface area contributed by atoms with E-state index < -0.39 is 0 Å². The normalized spacial score (nSPS) is 13.6. The van der Waals surface area contributed by atoms with Crippen LogP contribution in [-0.4, -0.2) is 6.04 Å². The molecule has 106 valence electrons. The molecule has 0 heterocycles. The monoisotopic (exact) mass is 277 g/mol. The van der Waals surface area contributed by atoms with Gasteiger partial charge in [-0.15, -0.1) is 12.6 Å². The molecular weight excluding hydrogens is 250 g/mol. The summed E-state index contributed by atoms with van der Waals surface area (Å²) >= 11 is 4.30. The molecule has 1 nitrogen and oxygen atoms in total. The van der Waals surface area contributed by atoms with Gasteiger partial charge in [0.1, 0.15) is 0 Å². The summed E-state index contributed by atoms with van der Waals surface area (Å²) < 4.78 is 0. The smallest absolute Gasteiger partial charge is 0.00403 e. The summed E-state index contributed by atoms with van der Waals surface area (Å²) in [6.07, 6.45) is 9.84. The van der Waals surface area contributed by atoms with Crippen LogP contribution < -0.4 is 5.73 Å². The molecular formula is C17H27NS. The van der Waals surface area contributed by atoms with Crippen LogP contribution in [0.5, 0.6) is 0 Å². The first-order valence-corrected chi connectivity index (χ1v) is 7.76. The third-order valence-electron chi connectivity index (χ3n) is 3.39. The van der Waals surface area contributed by atoms with Crippen molar-refractivity contribution in [2.75, 3.05) is 0 Å². The Morgan fingerprint density at radius 3 is 2.42 bits per heavy atom. The topological polar surface area (TPSA) is 26.0 Å². The van der Waals surface area contributed by atoms with Gasteiger partial charge in [-0.25, -0.2) is 0 Å². The second-order valence-electron chi connectivity index (χ2n) is 5.40. The Hall–Kier alpha value is -0.730. The van der Waals surface area contributed by atoms with Crippen molar-refractivity contribution in [2.45, 2.75) is 63.3 Å². The Labute approximate surface area is 123 Å². The van der Waals surface area contributed by atoms with Crippen LogP contribution >= 0.6 is 12.6 Å². The largest absolute Gasteiger partial charge is 0.328 e. The van der Waals surface area contributed by atoms with E-state index in [1.54, 1.807) is 0 Å². The Balaban J connectivity index is 2.20. The average Bonchev–Trinajstić information content (AvgIpc) is 2.38. The highest BCUT2D eigenvalue weighted by molar-refractivity contribution is 7.80. The number of benzene rings is 1. The summed E-state index contributed by atoms with van der Waals surface area (Å²) in [5.41, 5.74) is 8.40. The fourth-order valence-corrected chi connectivity index (χ4v) is 2.27. The molecule has 0 saturated heterocycles. The minimum Gasteiger partial charge on any atom is -0.328 e. The Bertz CT molecular complexity index is 379. The molecule has 0 fully saturated rings. The number of thiol groups is 1. The highest BCUT2D eigenvalue weighted by atomic mass is 32.1. The highest BCUT2D eigenvalue weighted by Crippen LogP contribution is 2.17. The molecule has 1 rings (SSSR count). The molecule has 0 aliphatic carbocycles. The second-order valence-corrected chi connectivity index (χ2v) is 5.92. The second kappa shape index (κ2) is 9.22. The summed E-state index contributed by atoms with van der Waals surface area (Å²) in [6.45, 7) is 4.27. The average molecular weight is 277 g/mol. The zero-order chi connectivity index (χ0) is 14.1. The number of rotatable bonds is 8. The highest BCUT2D eigenvalue weighted by Gasteiger charge is 1.96. The number of nitrogens with two attached hydrogens (primary N) is 1.